The lowest BCUT2D eigenvalue weighted by Gasteiger charge is -2.41. The number of carbonyl (C=O) groups is 1. The Morgan fingerprint density at radius 1 is 1.03 bits per heavy atom. The smallest absolute Gasteiger partial charge is 0.274 e. The van der Waals surface area contributed by atoms with Gasteiger partial charge >= 0.3 is 0 Å². The second-order valence-electron chi connectivity index (χ2n) is 9.79. The molecule has 33 heavy (non-hydrogen) atoms. The van der Waals surface area contributed by atoms with Crippen molar-refractivity contribution in [2.75, 3.05) is 44.2 Å². The third kappa shape index (κ3) is 4.60. The number of rotatable bonds is 5. The summed E-state index contributed by atoms with van der Waals surface area (Å²) in [7, 11) is 0. The van der Waals surface area contributed by atoms with Crippen LogP contribution >= 0.6 is 0 Å². The zero-order chi connectivity index (χ0) is 22.8. The van der Waals surface area contributed by atoms with E-state index >= 15 is 0 Å². The second kappa shape index (κ2) is 9.75. The van der Waals surface area contributed by atoms with Crippen molar-refractivity contribution in [2.24, 2.45) is 0 Å². The molecule has 0 bridgehead atoms. The largest absolute Gasteiger partial charge is 0.508 e. The average molecular weight is 452 g/mol. The molecule has 2 aromatic rings. The predicted octanol–water partition coefficient (Wildman–Crippen LogP) is 3.30. The molecule has 1 aromatic carbocycles. The van der Waals surface area contributed by atoms with Gasteiger partial charge in [-0.3, -0.25) is 14.4 Å². The fourth-order valence-electron chi connectivity index (χ4n) is 5.81. The molecule has 0 spiro atoms. The number of aromatic nitrogens is 2. The van der Waals surface area contributed by atoms with E-state index in [2.05, 4.69) is 21.4 Å². The van der Waals surface area contributed by atoms with Gasteiger partial charge in [0.2, 0.25) is 0 Å². The molecule has 1 atom stereocenters. The molecule has 1 aliphatic carbocycles. The van der Waals surface area contributed by atoms with Crippen LogP contribution in [-0.2, 0) is 19.4 Å². The Labute approximate surface area is 197 Å². The van der Waals surface area contributed by atoms with Crippen LogP contribution in [0, 0.1) is 0 Å². The molecule has 1 aromatic heterocycles. The van der Waals surface area contributed by atoms with Gasteiger partial charge in [-0.1, -0.05) is 6.92 Å². The van der Waals surface area contributed by atoms with E-state index in [1.54, 1.807) is 12.1 Å². The Morgan fingerprint density at radius 2 is 1.76 bits per heavy atom. The summed E-state index contributed by atoms with van der Waals surface area (Å²) in [5.41, 5.74) is 4.42. The summed E-state index contributed by atoms with van der Waals surface area (Å²) < 4.78 is 2.13. The number of aromatic hydroxyl groups is 1. The highest BCUT2D eigenvalue weighted by Crippen LogP contribution is 2.30. The lowest BCUT2D eigenvalue weighted by atomic mass is 9.89. The van der Waals surface area contributed by atoms with Crippen molar-refractivity contribution in [2.45, 2.75) is 64.5 Å². The van der Waals surface area contributed by atoms with E-state index in [0.717, 1.165) is 90.0 Å². The Balaban J connectivity index is 1.29. The summed E-state index contributed by atoms with van der Waals surface area (Å²) in [5.74, 6) is 0.465. The van der Waals surface area contributed by atoms with Crippen LogP contribution in [0.15, 0.2) is 24.3 Å². The molecule has 2 saturated heterocycles. The maximum absolute atomic E-state index is 13.4. The zero-order valence-electron chi connectivity index (χ0n) is 19.9. The monoisotopic (exact) mass is 451 g/mol. The molecule has 7 nitrogen and oxygen atoms in total. The maximum Gasteiger partial charge on any atom is 0.274 e. The lowest BCUT2D eigenvalue weighted by Crippen LogP contribution is -2.52. The number of piperidine rings is 1. The van der Waals surface area contributed by atoms with E-state index < -0.39 is 0 Å². The summed E-state index contributed by atoms with van der Waals surface area (Å²) in [5, 5.41) is 14.4. The summed E-state index contributed by atoms with van der Waals surface area (Å²) in [6.07, 6.45) is 7.57. The van der Waals surface area contributed by atoms with Crippen LogP contribution in [0.25, 0.3) is 0 Å². The van der Waals surface area contributed by atoms with E-state index in [4.69, 9.17) is 5.10 Å². The number of carbonyl (C=O) groups excluding carboxylic acids is 1. The van der Waals surface area contributed by atoms with Gasteiger partial charge in [0.15, 0.2) is 5.69 Å². The third-order valence-electron chi connectivity index (χ3n) is 7.65. The van der Waals surface area contributed by atoms with Gasteiger partial charge in [0.1, 0.15) is 5.75 Å². The van der Waals surface area contributed by atoms with Crippen molar-refractivity contribution >= 4 is 11.6 Å². The first-order valence-corrected chi connectivity index (χ1v) is 12.8. The molecule has 3 heterocycles. The molecule has 2 fully saturated rings. The first-order valence-electron chi connectivity index (χ1n) is 12.8. The highest BCUT2D eigenvalue weighted by atomic mass is 16.3. The average Bonchev–Trinajstić information content (AvgIpc) is 3.22. The van der Waals surface area contributed by atoms with Gasteiger partial charge < -0.3 is 14.9 Å². The van der Waals surface area contributed by atoms with Gasteiger partial charge in [0.25, 0.3) is 5.91 Å². The topological polar surface area (TPSA) is 64.8 Å². The number of amides is 1. The molecule has 178 valence electrons. The number of phenols is 1. The van der Waals surface area contributed by atoms with Crippen molar-refractivity contribution in [1.82, 2.24) is 19.6 Å². The fourth-order valence-corrected chi connectivity index (χ4v) is 5.81. The van der Waals surface area contributed by atoms with Crippen LogP contribution in [0.2, 0.25) is 0 Å². The number of nitrogens with zero attached hydrogens (tertiary/aromatic N) is 5. The number of fused-ring (bicyclic) bond motifs is 1. The van der Waals surface area contributed by atoms with E-state index in [9.17, 15) is 9.90 Å². The molecule has 5 rings (SSSR count). The van der Waals surface area contributed by atoms with Crippen LogP contribution in [0.5, 0.6) is 5.75 Å². The quantitative estimate of drug-likeness (QED) is 0.756. The maximum atomic E-state index is 13.4. The van der Waals surface area contributed by atoms with Crippen molar-refractivity contribution in [3.8, 4) is 5.75 Å². The molecule has 2 aliphatic heterocycles. The minimum atomic E-state index is 0.151. The number of likely N-dealkylation sites (tertiary alicyclic amines) is 1. The lowest BCUT2D eigenvalue weighted by molar-refractivity contribution is 0.0715. The number of benzene rings is 1. The van der Waals surface area contributed by atoms with Gasteiger partial charge in [0.05, 0.1) is 0 Å². The molecule has 1 amide bonds. The van der Waals surface area contributed by atoms with E-state index in [-0.39, 0.29) is 5.91 Å². The molecular formula is C26H37N5O2. The molecular weight excluding hydrogens is 414 g/mol. The highest BCUT2D eigenvalue weighted by molar-refractivity contribution is 5.94. The predicted molar refractivity (Wildman–Crippen MR) is 130 cm³/mol. The van der Waals surface area contributed by atoms with Crippen LogP contribution in [0.4, 0.5) is 5.69 Å². The highest BCUT2D eigenvalue weighted by Gasteiger charge is 2.34. The molecule has 7 heteroatoms. The number of piperazine rings is 1. The Morgan fingerprint density at radius 3 is 2.45 bits per heavy atom. The Kier molecular flexibility index (Phi) is 6.58. The van der Waals surface area contributed by atoms with Crippen molar-refractivity contribution in [1.29, 1.82) is 0 Å². The minimum Gasteiger partial charge on any atom is -0.508 e. The summed E-state index contributed by atoms with van der Waals surface area (Å²) in [6, 6.07) is 8.00. The van der Waals surface area contributed by atoms with Gasteiger partial charge in [-0.05, 0) is 69.2 Å². The van der Waals surface area contributed by atoms with Crippen molar-refractivity contribution in [3.05, 3.63) is 41.2 Å². The molecule has 0 saturated carbocycles. The summed E-state index contributed by atoms with van der Waals surface area (Å²) in [4.78, 5) is 20.5. The van der Waals surface area contributed by atoms with E-state index in [1.165, 1.54) is 23.4 Å². The number of hydrogen-bond acceptors (Lipinski definition) is 5. The number of aryl methyl sites for hydroxylation is 1. The van der Waals surface area contributed by atoms with Gasteiger partial charge in [0, 0.05) is 68.8 Å². The first kappa shape index (κ1) is 22.3. The summed E-state index contributed by atoms with van der Waals surface area (Å²) >= 11 is 0. The van der Waals surface area contributed by atoms with Gasteiger partial charge in [-0.15, -0.1) is 0 Å². The Bertz CT molecular complexity index is 956. The molecule has 1 N–H and O–H groups in total. The summed E-state index contributed by atoms with van der Waals surface area (Å²) in [6.45, 7) is 8.85. The number of phenolic OH excluding ortho intramolecular Hbond substituents is 1. The van der Waals surface area contributed by atoms with Crippen LogP contribution < -0.4 is 4.90 Å². The van der Waals surface area contributed by atoms with Crippen molar-refractivity contribution < 1.29 is 9.90 Å². The number of hydrogen-bond donors (Lipinski definition) is 1. The fraction of sp³-hybridized carbons (Fsp3) is 0.615. The first-order chi connectivity index (χ1) is 16.1. The third-order valence-corrected chi connectivity index (χ3v) is 7.65. The minimum absolute atomic E-state index is 0.151. The zero-order valence-corrected chi connectivity index (χ0v) is 19.9. The molecule has 1 unspecified atom stereocenters. The van der Waals surface area contributed by atoms with Gasteiger partial charge in [-0.2, -0.15) is 5.10 Å². The number of anilines is 1. The van der Waals surface area contributed by atoms with E-state index in [1.807, 2.05) is 17.0 Å². The van der Waals surface area contributed by atoms with Gasteiger partial charge in [-0.25, -0.2) is 0 Å². The standard InChI is InChI=1S/C26H37N5O2/c1-2-12-31-24-11-8-21(19-23(24)25(27-31)26(33)30-13-4-3-5-14-30)29-17-15-28(16-18-29)20-6-9-22(32)10-7-20/h6-7,9-10,21,32H,2-5,8,11-19H2,1H3. The SMILES string of the molecule is CCCn1nc(C(=O)N2CCCCC2)c2c1CCC(N1CCN(c3ccc(O)cc3)CC1)C2. The second-order valence-corrected chi connectivity index (χ2v) is 9.79. The molecule has 0 radical (unpaired) electrons. The van der Waals surface area contributed by atoms with Crippen molar-refractivity contribution in [3.63, 3.8) is 0 Å². The van der Waals surface area contributed by atoms with Crippen LogP contribution in [-0.4, -0.2) is 75.9 Å². The normalized spacial score (nSPS) is 21.8. The van der Waals surface area contributed by atoms with Crippen LogP contribution in [0.3, 0.4) is 0 Å². The van der Waals surface area contributed by atoms with E-state index in [0.29, 0.717) is 11.8 Å². The Hall–Kier alpha value is -2.54. The van der Waals surface area contributed by atoms with Crippen LogP contribution in [0.1, 0.15) is 60.8 Å². The molecule has 3 aliphatic rings.